The maximum Gasteiger partial charge on any atom is 0.257 e. The van der Waals surface area contributed by atoms with Crippen LogP contribution in [-0.4, -0.2) is 40.5 Å². The predicted octanol–water partition coefficient (Wildman–Crippen LogP) is 0.206. The van der Waals surface area contributed by atoms with Crippen molar-refractivity contribution >= 4 is 5.91 Å². The average Bonchev–Trinajstić information content (AvgIpc) is 2.16. The Morgan fingerprint density at radius 3 is 2.93 bits per heavy atom. The number of aromatic hydroxyl groups is 1. The summed E-state index contributed by atoms with van der Waals surface area (Å²) in [6.07, 6.45) is 2.71. The number of likely N-dealkylation sites (N-methyl/N-ethyl adjacent to an activating group) is 1. The summed E-state index contributed by atoms with van der Waals surface area (Å²) in [6, 6.07) is 1.39. The molecule has 3 N–H and O–H groups in total. The number of aromatic nitrogens is 1. The van der Waals surface area contributed by atoms with E-state index < -0.39 is 0 Å². The van der Waals surface area contributed by atoms with Gasteiger partial charge in [-0.15, -0.1) is 0 Å². The number of nitrogens with two attached hydrogens (primary N) is 1. The van der Waals surface area contributed by atoms with Gasteiger partial charge in [0.25, 0.3) is 5.91 Å². The van der Waals surface area contributed by atoms with Crippen LogP contribution in [-0.2, 0) is 0 Å². The lowest BCUT2D eigenvalue weighted by molar-refractivity contribution is 0.0785. The molecule has 1 atom stereocenters. The van der Waals surface area contributed by atoms with Gasteiger partial charge in [-0.25, -0.2) is 0 Å². The van der Waals surface area contributed by atoms with Crippen LogP contribution in [0.3, 0.4) is 0 Å². The summed E-state index contributed by atoms with van der Waals surface area (Å²) >= 11 is 0. The lowest BCUT2D eigenvalue weighted by Gasteiger charge is -2.19. The molecule has 0 aliphatic carbocycles. The van der Waals surface area contributed by atoms with E-state index in [1.165, 1.54) is 23.4 Å². The van der Waals surface area contributed by atoms with Crippen molar-refractivity contribution < 1.29 is 9.90 Å². The number of pyridine rings is 1. The van der Waals surface area contributed by atoms with Crippen LogP contribution < -0.4 is 5.73 Å². The Hall–Kier alpha value is -1.62. The Balaban J connectivity index is 2.81. The Kier molecular flexibility index (Phi) is 3.62. The molecule has 15 heavy (non-hydrogen) atoms. The van der Waals surface area contributed by atoms with Crippen LogP contribution in [0.2, 0.25) is 0 Å². The van der Waals surface area contributed by atoms with Crippen molar-refractivity contribution in [3.63, 3.8) is 0 Å². The molecule has 0 aliphatic heterocycles. The van der Waals surface area contributed by atoms with Crippen molar-refractivity contribution in [2.75, 3.05) is 13.6 Å². The van der Waals surface area contributed by atoms with Gasteiger partial charge in [-0.2, -0.15) is 0 Å². The molecule has 0 saturated heterocycles. The number of carbonyl (C=O) groups excluding carboxylic acids is 1. The summed E-state index contributed by atoms with van der Waals surface area (Å²) < 4.78 is 0. The monoisotopic (exact) mass is 209 g/mol. The standard InChI is InChI=1S/C10H15N3O2/c1-7(11)6-13(2)10(15)8-3-4-12-5-9(8)14/h3-5,7,14H,6,11H2,1-2H3. The minimum atomic E-state index is -0.257. The number of nitrogens with zero attached hydrogens (tertiary/aromatic N) is 2. The Labute approximate surface area is 88.5 Å². The van der Waals surface area contributed by atoms with E-state index in [2.05, 4.69) is 4.98 Å². The van der Waals surface area contributed by atoms with Crippen LogP contribution >= 0.6 is 0 Å². The first-order valence-electron chi connectivity index (χ1n) is 4.66. The largest absolute Gasteiger partial charge is 0.505 e. The molecule has 1 unspecified atom stereocenters. The highest BCUT2D eigenvalue weighted by atomic mass is 16.3. The SMILES string of the molecule is CC(N)CN(C)C(=O)c1ccncc1O. The van der Waals surface area contributed by atoms with Crippen LogP contribution in [0, 0.1) is 0 Å². The van der Waals surface area contributed by atoms with Gasteiger partial charge >= 0.3 is 0 Å². The van der Waals surface area contributed by atoms with Gasteiger partial charge in [-0.1, -0.05) is 0 Å². The van der Waals surface area contributed by atoms with Crippen LogP contribution in [0.1, 0.15) is 17.3 Å². The third kappa shape index (κ3) is 2.92. The summed E-state index contributed by atoms with van der Waals surface area (Å²) in [5.41, 5.74) is 5.82. The van der Waals surface area contributed by atoms with Gasteiger partial charge < -0.3 is 15.7 Å². The fraction of sp³-hybridized carbons (Fsp3) is 0.400. The third-order valence-electron chi connectivity index (χ3n) is 1.94. The van der Waals surface area contributed by atoms with E-state index in [-0.39, 0.29) is 23.3 Å². The lowest BCUT2D eigenvalue weighted by Crippen LogP contribution is -2.36. The van der Waals surface area contributed by atoms with Gasteiger partial charge in [-0.3, -0.25) is 9.78 Å². The minimum Gasteiger partial charge on any atom is -0.505 e. The second kappa shape index (κ2) is 4.75. The van der Waals surface area contributed by atoms with Crippen LogP contribution in [0.15, 0.2) is 18.5 Å². The van der Waals surface area contributed by atoms with Gasteiger partial charge in [0.1, 0.15) is 5.75 Å². The quantitative estimate of drug-likeness (QED) is 0.745. The highest BCUT2D eigenvalue weighted by Crippen LogP contribution is 2.15. The molecule has 1 heterocycles. The zero-order valence-electron chi connectivity index (χ0n) is 8.84. The molecule has 1 aromatic rings. The molecular weight excluding hydrogens is 194 g/mol. The van der Waals surface area contributed by atoms with E-state index in [0.717, 1.165) is 0 Å². The summed E-state index contributed by atoms with van der Waals surface area (Å²) in [4.78, 5) is 17.0. The molecule has 0 bridgehead atoms. The van der Waals surface area contributed by atoms with Crippen LogP contribution in [0.4, 0.5) is 0 Å². The number of hydrogen-bond acceptors (Lipinski definition) is 4. The molecule has 0 spiro atoms. The molecule has 1 rings (SSSR count). The van der Waals surface area contributed by atoms with Gasteiger partial charge in [0.15, 0.2) is 0 Å². The molecule has 0 radical (unpaired) electrons. The van der Waals surface area contributed by atoms with Crippen molar-refractivity contribution in [3.8, 4) is 5.75 Å². The smallest absolute Gasteiger partial charge is 0.257 e. The average molecular weight is 209 g/mol. The highest BCUT2D eigenvalue weighted by molar-refractivity contribution is 5.96. The maximum absolute atomic E-state index is 11.8. The number of carbonyl (C=O) groups is 1. The molecule has 0 fully saturated rings. The number of rotatable bonds is 3. The van der Waals surface area contributed by atoms with Gasteiger partial charge in [0.2, 0.25) is 0 Å². The first-order chi connectivity index (χ1) is 7.02. The molecular formula is C10H15N3O2. The minimum absolute atomic E-state index is 0.0945. The second-order valence-electron chi connectivity index (χ2n) is 3.56. The molecule has 1 amide bonds. The predicted molar refractivity (Wildman–Crippen MR) is 56.5 cm³/mol. The topological polar surface area (TPSA) is 79.5 Å². The van der Waals surface area contributed by atoms with E-state index in [4.69, 9.17) is 5.73 Å². The third-order valence-corrected chi connectivity index (χ3v) is 1.94. The summed E-state index contributed by atoms with van der Waals surface area (Å²) in [5.74, 6) is -0.369. The van der Waals surface area contributed by atoms with Crippen molar-refractivity contribution in [1.29, 1.82) is 0 Å². The zero-order chi connectivity index (χ0) is 11.4. The van der Waals surface area contributed by atoms with E-state index in [1.54, 1.807) is 7.05 Å². The van der Waals surface area contributed by atoms with Crippen LogP contribution in [0.5, 0.6) is 5.75 Å². The Bertz CT molecular complexity index is 352. The van der Waals surface area contributed by atoms with Crippen molar-refractivity contribution in [3.05, 3.63) is 24.0 Å². The summed E-state index contributed by atoms with van der Waals surface area (Å²) in [7, 11) is 1.64. The van der Waals surface area contributed by atoms with E-state index in [1.807, 2.05) is 6.92 Å². The molecule has 5 heteroatoms. The molecule has 82 valence electrons. The molecule has 5 nitrogen and oxygen atoms in total. The van der Waals surface area contributed by atoms with Crippen LogP contribution in [0.25, 0.3) is 0 Å². The molecule has 1 aromatic heterocycles. The van der Waals surface area contributed by atoms with Crippen molar-refractivity contribution in [2.45, 2.75) is 13.0 Å². The zero-order valence-corrected chi connectivity index (χ0v) is 8.84. The number of amides is 1. The molecule has 0 aromatic carbocycles. The van der Waals surface area contributed by atoms with E-state index in [9.17, 15) is 9.90 Å². The fourth-order valence-corrected chi connectivity index (χ4v) is 1.29. The van der Waals surface area contributed by atoms with Gasteiger partial charge in [0, 0.05) is 25.8 Å². The second-order valence-corrected chi connectivity index (χ2v) is 3.56. The Morgan fingerprint density at radius 2 is 2.40 bits per heavy atom. The number of hydrogen-bond donors (Lipinski definition) is 2. The molecule has 0 aliphatic rings. The maximum atomic E-state index is 11.8. The summed E-state index contributed by atoms with van der Waals surface area (Å²) in [5, 5.41) is 9.42. The van der Waals surface area contributed by atoms with Gasteiger partial charge in [0.05, 0.1) is 11.8 Å². The summed E-state index contributed by atoms with van der Waals surface area (Å²) in [6.45, 7) is 2.26. The molecule has 0 saturated carbocycles. The fourth-order valence-electron chi connectivity index (χ4n) is 1.29. The van der Waals surface area contributed by atoms with E-state index in [0.29, 0.717) is 6.54 Å². The Morgan fingerprint density at radius 1 is 1.73 bits per heavy atom. The van der Waals surface area contributed by atoms with E-state index >= 15 is 0 Å². The van der Waals surface area contributed by atoms with Crippen molar-refractivity contribution in [2.24, 2.45) is 5.73 Å². The van der Waals surface area contributed by atoms with Crippen molar-refractivity contribution in [1.82, 2.24) is 9.88 Å². The highest BCUT2D eigenvalue weighted by Gasteiger charge is 2.15. The lowest BCUT2D eigenvalue weighted by atomic mass is 10.2. The first-order valence-corrected chi connectivity index (χ1v) is 4.66. The van der Waals surface area contributed by atoms with Gasteiger partial charge in [-0.05, 0) is 13.0 Å². The first kappa shape index (κ1) is 11.5. The normalized spacial score (nSPS) is 12.2.